The van der Waals surface area contributed by atoms with Gasteiger partial charge in [0.15, 0.2) is 0 Å². The molecule has 0 aromatic heterocycles. The van der Waals surface area contributed by atoms with E-state index < -0.39 is 0 Å². The van der Waals surface area contributed by atoms with Gasteiger partial charge in [-0.3, -0.25) is 4.79 Å². The first kappa shape index (κ1) is 15.4. The summed E-state index contributed by atoms with van der Waals surface area (Å²) in [5, 5.41) is 12.3. The van der Waals surface area contributed by atoms with Crippen LogP contribution in [0.4, 0.5) is 0 Å². The van der Waals surface area contributed by atoms with Crippen LogP contribution < -0.4 is 5.32 Å². The van der Waals surface area contributed by atoms with Crippen LogP contribution in [0.1, 0.15) is 64.7 Å². The van der Waals surface area contributed by atoms with Crippen molar-refractivity contribution in [3.05, 3.63) is 0 Å². The van der Waals surface area contributed by atoms with Gasteiger partial charge in [0.05, 0.1) is 6.10 Å². The Morgan fingerprint density at radius 1 is 1.12 bits per heavy atom. The van der Waals surface area contributed by atoms with Gasteiger partial charge >= 0.3 is 0 Å². The maximum atomic E-state index is 10.9. The van der Waals surface area contributed by atoms with Gasteiger partial charge in [0, 0.05) is 13.5 Å². The smallest absolute Gasteiger partial charge is 0.219 e. The van der Waals surface area contributed by atoms with Crippen LogP contribution in [-0.4, -0.2) is 24.2 Å². The summed E-state index contributed by atoms with van der Waals surface area (Å²) in [6.45, 7) is 2.19. The Labute approximate surface area is 99.6 Å². The maximum absolute atomic E-state index is 10.9. The minimum Gasteiger partial charge on any atom is -0.393 e. The van der Waals surface area contributed by atoms with Gasteiger partial charge in [-0.2, -0.15) is 0 Å². The fourth-order valence-corrected chi connectivity index (χ4v) is 1.74. The molecular weight excluding hydrogens is 202 g/mol. The van der Waals surface area contributed by atoms with E-state index in [0.29, 0.717) is 6.42 Å². The lowest BCUT2D eigenvalue weighted by atomic mass is 10.0. The van der Waals surface area contributed by atoms with Crippen LogP contribution in [0.25, 0.3) is 0 Å². The van der Waals surface area contributed by atoms with Crippen molar-refractivity contribution < 1.29 is 9.90 Å². The molecule has 96 valence electrons. The summed E-state index contributed by atoms with van der Waals surface area (Å²) in [6, 6.07) is 0. The average Bonchev–Trinajstić information content (AvgIpc) is 2.30. The van der Waals surface area contributed by atoms with Gasteiger partial charge in [-0.15, -0.1) is 0 Å². The highest BCUT2D eigenvalue weighted by Gasteiger charge is 2.04. The van der Waals surface area contributed by atoms with Gasteiger partial charge in [0.25, 0.3) is 0 Å². The summed E-state index contributed by atoms with van der Waals surface area (Å²) in [5.41, 5.74) is 0. The zero-order valence-electron chi connectivity index (χ0n) is 10.8. The number of nitrogens with one attached hydrogen (secondary N) is 1. The molecular formula is C13H27NO2. The normalized spacial score (nSPS) is 12.4. The number of carbonyl (C=O) groups is 1. The van der Waals surface area contributed by atoms with E-state index in [1.165, 1.54) is 19.3 Å². The van der Waals surface area contributed by atoms with E-state index in [9.17, 15) is 9.90 Å². The Bertz CT molecular complexity index is 171. The number of carbonyl (C=O) groups excluding carboxylic acids is 1. The predicted molar refractivity (Wildman–Crippen MR) is 67.3 cm³/mol. The SMILES string of the molecule is CCCCCC[C@@H](O)CCCCC(=O)NC. The predicted octanol–water partition coefficient (Wildman–Crippen LogP) is 2.62. The van der Waals surface area contributed by atoms with Crippen molar-refractivity contribution in [2.45, 2.75) is 70.8 Å². The maximum Gasteiger partial charge on any atom is 0.219 e. The highest BCUT2D eigenvalue weighted by molar-refractivity contribution is 5.75. The fourth-order valence-electron chi connectivity index (χ4n) is 1.74. The number of aliphatic hydroxyl groups is 1. The number of amides is 1. The molecule has 1 atom stereocenters. The largest absolute Gasteiger partial charge is 0.393 e. The molecule has 16 heavy (non-hydrogen) atoms. The van der Waals surface area contributed by atoms with Crippen molar-refractivity contribution in [3.8, 4) is 0 Å². The van der Waals surface area contributed by atoms with E-state index in [0.717, 1.165) is 32.1 Å². The third kappa shape index (κ3) is 9.97. The van der Waals surface area contributed by atoms with E-state index in [1.54, 1.807) is 7.05 Å². The van der Waals surface area contributed by atoms with Crippen molar-refractivity contribution >= 4 is 5.91 Å². The van der Waals surface area contributed by atoms with E-state index in [2.05, 4.69) is 12.2 Å². The molecule has 0 saturated heterocycles. The highest BCUT2D eigenvalue weighted by atomic mass is 16.3. The lowest BCUT2D eigenvalue weighted by Crippen LogP contribution is -2.17. The first-order valence-electron chi connectivity index (χ1n) is 6.59. The molecule has 0 rings (SSSR count). The molecule has 0 heterocycles. The number of rotatable bonds is 10. The van der Waals surface area contributed by atoms with Crippen LogP contribution in [-0.2, 0) is 4.79 Å². The molecule has 0 aliphatic carbocycles. The van der Waals surface area contributed by atoms with Crippen LogP contribution in [0, 0.1) is 0 Å². The van der Waals surface area contributed by atoms with Gasteiger partial charge in [-0.05, 0) is 19.3 Å². The van der Waals surface area contributed by atoms with E-state index in [1.807, 2.05) is 0 Å². The van der Waals surface area contributed by atoms with E-state index >= 15 is 0 Å². The molecule has 0 saturated carbocycles. The highest BCUT2D eigenvalue weighted by Crippen LogP contribution is 2.11. The molecule has 0 aromatic carbocycles. The zero-order chi connectivity index (χ0) is 12.2. The first-order valence-corrected chi connectivity index (χ1v) is 6.59. The summed E-state index contributed by atoms with van der Waals surface area (Å²) in [5.74, 6) is 0.0948. The zero-order valence-corrected chi connectivity index (χ0v) is 10.8. The Kier molecular flexibility index (Phi) is 10.5. The molecule has 3 nitrogen and oxygen atoms in total. The summed E-state index contributed by atoms with van der Waals surface area (Å²) in [6.07, 6.45) is 8.86. The third-order valence-electron chi connectivity index (χ3n) is 2.86. The monoisotopic (exact) mass is 229 g/mol. The van der Waals surface area contributed by atoms with Crippen molar-refractivity contribution in [1.82, 2.24) is 5.32 Å². The van der Waals surface area contributed by atoms with Crippen molar-refractivity contribution in [2.24, 2.45) is 0 Å². The Morgan fingerprint density at radius 3 is 2.31 bits per heavy atom. The Morgan fingerprint density at radius 2 is 1.75 bits per heavy atom. The number of unbranched alkanes of at least 4 members (excludes halogenated alkanes) is 4. The van der Waals surface area contributed by atoms with Gasteiger partial charge in [0.1, 0.15) is 0 Å². The average molecular weight is 229 g/mol. The molecule has 0 aliphatic heterocycles. The van der Waals surface area contributed by atoms with Gasteiger partial charge in [-0.25, -0.2) is 0 Å². The molecule has 0 aliphatic rings. The minimum absolute atomic E-state index is 0.0948. The minimum atomic E-state index is -0.165. The number of hydrogen-bond acceptors (Lipinski definition) is 2. The number of aliphatic hydroxyl groups excluding tert-OH is 1. The van der Waals surface area contributed by atoms with Crippen molar-refractivity contribution in [3.63, 3.8) is 0 Å². The van der Waals surface area contributed by atoms with Crippen molar-refractivity contribution in [1.29, 1.82) is 0 Å². The molecule has 0 unspecified atom stereocenters. The lowest BCUT2D eigenvalue weighted by molar-refractivity contribution is -0.120. The summed E-state index contributed by atoms with van der Waals surface area (Å²) >= 11 is 0. The molecule has 0 radical (unpaired) electrons. The second-order valence-corrected chi connectivity index (χ2v) is 4.42. The Hall–Kier alpha value is -0.570. The number of hydrogen-bond donors (Lipinski definition) is 2. The molecule has 0 spiro atoms. The van der Waals surface area contributed by atoms with Gasteiger partial charge in [0.2, 0.25) is 5.91 Å². The van der Waals surface area contributed by atoms with Gasteiger partial charge in [-0.1, -0.05) is 39.0 Å². The van der Waals surface area contributed by atoms with Crippen LogP contribution >= 0.6 is 0 Å². The second-order valence-electron chi connectivity index (χ2n) is 4.42. The molecule has 2 N–H and O–H groups in total. The first-order chi connectivity index (χ1) is 7.70. The molecule has 0 bridgehead atoms. The fraction of sp³-hybridized carbons (Fsp3) is 0.923. The van der Waals surface area contributed by atoms with Crippen LogP contribution in [0.15, 0.2) is 0 Å². The second kappa shape index (κ2) is 10.9. The lowest BCUT2D eigenvalue weighted by Gasteiger charge is -2.09. The van der Waals surface area contributed by atoms with Crippen LogP contribution in [0.3, 0.4) is 0 Å². The van der Waals surface area contributed by atoms with E-state index in [-0.39, 0.29) is 12.0 Å². The summed E-state index contributed by atoms with van der Waals surface area (Å²) < 4.78 is 0. The van der Waals surface area contributed by atoms with Crippen molar-refractivity contribution in [2.75, 3.05) is 7.05 Å². The molecule has 3 heteroatoms. The topological polar surface area (TPSA) is 49.3 Å². The molecule has 0 fully saturated rings. The van der Waals surface area contributed by atoms with Crippen LogP contribution in [0.2, 0.25) is 0 Å². The van der Waals surface area contributed by atoms with Crippen LogP contribution in [0.5, 0.6) is 0 Å². The molecule has 0 aromatic rings. The quantitative estimate of drug-likeness (QED) is 0.566. The van der Waals surface area contributed by atoms with Gasteiger partial charge < -0.3 is 10.4 Å². The summed E-state index contributed by atoms with van der Waals surface area (Å²) in [4.78, 5) is 10.9. The Balaban J connectivity index is 3.23. The third-order valence-corrected chi connectivity index (χ3v) is 2.86. The molecule has 1 amide bonds. The van der Waals surface area contributed by atoms with E-state index in [4.69, 9.17) is 0 Å². The standard InChI is InChI=1S/C13H27NO2/c1-3-4-5-6-9-12(15)10-7-8-11-13(16)14-2/h12,15H,3-11H2,1-2H3,(H,14,16)/t12-/m1/s1. The summed E-state index contributed by atoms with van der Waals surface area (Å²) in [7, 11) is 1.66.